The van der Waals surface area contributed by atoms with Gasteiger partial charge in [-0.25, -0.2) is 0 Å². The summed E-state index contributed by atoms with van der Waals surface area (Å²) >= 11 is 0. The number of amides is 2. The fourth-order valence-electron chi connectivity index (χ4n) is 4.09. The van der Waals surface area contributed by atoms with Crippen LogP contribution in [0.3, 0.4) is 0 Å². The molecule has 0 spiro atoms. The van der Waals surface area contributed by atoms with Crippen LogP contribution >= 0.6 is 0 Å². The van der Waals surface area contributed by atoms with Crippen molar-refractivity contribution < 1.29 is 23.8 Å². The number of hydrogen-bond acceptors (Lipinski definition) is 5. The zero-order valence-electron chi connectivity index (χ0n) is 18.7. The maximum atomic E-state index is 13.1. The molecular weight excluding hydrogens is 408 g/mol. The normalized spacial score (nSPS) is 18.4. The zero-order chi connectivity index (χ0) is 22.5. The summed E-state index contributed by atoms with van der Waals surface area (Å²) in [6.45, 7) is 5.18. The van der Waals surface area contributed by atoms with Crippen LogP contribution in [0.4, 0.5) is 0 Å². The van der Waals surface area contributed by atoms with Gasteiger partial charge in [0.05, 0.1) is 26.4 Å². The van der Waals surface area contributed by atoms with Crippen molar-refractivity contribution in [1.82, 2.24) is 9.80 Å². The molecule has 1 atom stereocenters. The van der Waals surface area contributed by atoms with Crippen LogP contribution in [0, 0.1) is 0 Å². The second-order valence-electron chi connectivity index (χ2n) is 8.26. The molecule has 0 aliphatic carbocycles. The van der Waals surface area contributed by atoms with E-state index in [9.17, 15) is 9.59 Å². The highest BCUT2D eigenvalue weighted by Crippen LogP contribution is 2.27. The number of ether oxygens (including phenoxy) is 3. The molecule has 0 bridgehead atoms. The van der Waals surface area contributed by atoms with Gasteiger partial charge in [0.1, 0.15) is 18.1 Å². The first-order chi connectivity index (χ1) is 15.5. The van der Waals surface area contributed by atoms with Crippen molar-refractivity contribution in [2.45, 2.75) is 32.4 Å². The predicted octanol–water partition coefficient (Wildman–Crippen LogP) is 2.91. The number of fused-ring (bicyclic) bond motifs is 1. The minimum Gasteiger partial charge on any atom is -0.497 e. The maximum Gasteiger partial charge on any atom is 0.254 e. The second-order valence-corrected chi connectivity index (χ2v) is 8.26. The van der Waals surface area contributed by atoms with Crippen LogP contribution in [0.2, 0.25) is 0 Å². The van der Waals surface area contributed by atoms with E-state index in [2.05, 4.69) is 0 Å². The van der Waals surface area contributed by atoms with E-state index in [0.29, 0.717) is 57.9 Å². The molecule has 0 radical (unpaired) electrons. The van der Waals surface area contributed by atoms with Crippen LogP contribution in [-0.4, -0.2) is 67.7 Å². The summed E-state index contributed by atoms with van der Waals surface area (Å²) in [5, 5.41) is 0. The lowest BCUT2D eigenvalue weighted by molar-refractivity contribution is -0.134. The minimum atomic E-state index is -0.0517. The van der Waals surface area contributed by atoms with Gasteiger partial charge in [-0.1, -0.05) is 12.1 Å². The summed E-state index contributed by atoms with van der Waals surface area (Å²) < 4.78 is 16.5. The van der Waals surface area contributed by atoms with E-state index in [1.54, 1.807) is 7.11 Å². The topological polar surface area (TPSA) is 68.3 Å². The van der Waals surface area contributed by atoms with Crippen LogP contribution in [0.25, 0.3) is 0 Å². The number of aryl methyl sites for hydroxylation is 1. The third kappa shape index (κ3) is 5.05. The summed E-state index contributed by atoms with van der Waals surface area (Å²) in [4.78, 5) is 29.7. The van der Waals surface area contributed by atoms with E-state index < -0.39 is 0 Å². The number of hydrogen-bond donors (Lipinski definition) is 0. The number of methoxy groups -OCH3 is 1. The standard InChI is InChI=1S/C25H30N2O5/c1-18-17-32-23-9-6-20(25(29)26-11-13-31-14-12-26)15-21(23)16-27(18)24(28)10-5-19-3-7-22(30-2)8-4-19/h3-4,6-9,15,18H,5,10-14,16-17H2,1-2H3/t18-/m0/s1. The Morgan fingerprint density at radius 1 is 1.09 bits per heavy atom. The van der Waals surface area contributed by atoms with Gasteiger partial charge in [0, 0.05) is 37.2 Å². The molecule has 7 nitrogen and oxygen atoms in total. The third-order valence-electron chi connectivity index (χ3n) is 6.07. The first-order valence-electron chi connectivity index (χ1n) is 11.1. The van der Waals surface area contributed by atoms with Crippen molar-refractivity contribution >= 4 is 11.8 Å². The van der Waals surface area contributed by atoms with Crippen molar-refractivity contribution in [3.63, 3.8) is 0 Å². The lowest BCUT2D eigenvalue weighted by Gasteiger charge is -2.27. The molecule has 7 heteroatoms. The summed E-state index contributed by atoms with van der Waals surface area (Å²) in [5.74, 6) is 1.61. The predicted molar refractivity (Wildman–Crippen MR) is 120 cm³/mol. The monoisotopic (exact) mass is 438 g/mol. The van der Waals surface area contributed by atoms with E-state index >= 15 is 0 Å². The van der Waals surface area contributed by atoms with Crippen molar-refractivity contribution in [2.24, 2.45) is 0 Å². The number of carbonyl (C=O) groups is 2. The van der Waals surface area contributed by atoms with Crippen LogP contribution in [0.1, 0.15) is 34.8 Å². The van der Waals surface area contributed by atoms with Crippen molar-refractivity contribution in [3.8, 4) is 11.5 Å². The average Bonchev–Trinajstić information content (AvgIpc) is 3.01. The smallest absolute Gasteiger partial charge is 0.254 e. The van der Waals surface area contributed by atoms with Gasteiger partial charge in [-0.3, -0.25) is 9.59 Å². The highest BCUT2D eigenvalue weighted by molar-refractivity contribution is 5.94. The molecule has 2 aliphatic rings. The van der Waals surface area contributed by atoms with Gasteiger partial charge in [-0.05, 0) is 49.2 Å². The average molecular weight is 439 g/mol. The number of morpholine rings is 1. The van der Waals surface area contributed by atoms with Crippen LogP contribution in [-0.2, 0) is 22.5 Å². The van der Waals surface area contributed by atoms with Crippen LogP contribution in [0.15, 0.2) is 42.5 Å². The fraction of sp³-hybridized carbons (Fsp3) is 0.440. The highest BCUT2D eigenvalue weighted by Gasteiger charge is 2.27. The van der Waals surface area contributed by atoms with E-state index in [4.69, 9.17) is 14.2 Å². The molecule has 2 aromatic carbocycles. The molecular formula is C25H30N2O5. The molecule has 2 amide bonds. The summed E-state index contributed by atoms with van der Waals surface area (Å²) in [6.07, 6.45) is 1.08. The highest BCUT2D eigenvalue weighted by atomic mass is 16.5. The second kappa shape index (κ2) is 10.0. The molecule has 2 aromatic rings. The van der Waals surface area contributed by atoms with E-state index in [1.807, 2.05) is 59.2 Å². The molecule has 1 saturated heterocycles. The van der Waals surface area contributed by atoms with Gasteiger partial charge in [-0.2, -0.15) is 0 Å². The first kappa shape index (κ1) is 22.1. The molecule has 1 fully saturated rings. The Kier molecular flexibility index (Phi) is 6.95. The van der Waals surface area contributed by atoms with Gasteiger partial charge in [-0.15, -0.1) is 0 Å². The van der Waals surface area contributed by atoms with Crippen LogP contribution in [0.5, 0.6) is 11.5 Å². The molecule has 32 heavy (non-hydrogen) atoms. The number of nitrogens with zero attached hydrogens (tertiary/aromatic N) is 2. The van der Waals surface area contributed by atoms with Crippen molar-refractivity contribution in [3.05, 3.63) is 59.2 Å². The van der Waals surface area contributed by atoms with Crippen LogP contribution < -0.4 is 9.47 Å². The Hall–Kier alpha value is -3.06. The Balaban J connectivity index is 1.45. The van der Waals surface area contributed by atoms with Gasteiger partial charge >= 0.3 is 0 Å². The first-order valence-corrected chi connectivity index (χ1v) is 11.1. The Bertz CT molecular complexity index is 953. The molecule has 2 heterocycles. The molecule has 4 rings (SSSR count). The third-order valence-corrected chi connectivity index (χ3v) is 6.07. The number of carbonyl (C=O) groups excluding carboxylic acids is 2. The maximum absolute atomic E-state index is 13.1. The number of benzene rings is 2. The number of rotatable bonds is 5. The Morgan fingerprint density at radius 3 is 2.56 bits per heavy atom. The lowest BCUT2D eigenvalue weighted by Crippen LogP contribution is -2.41. The summed E-state index contributed by atoms with van der Waals surface area (Å²) in [6, 6.07) is 13.3. The molecule has 0 aromatic heterocycles. The lowest BCUT2D eigenvalue weighted by atomic mass is 10.1. The molecule has 0 saturated carbocycles. The van der Waals surface area contributed by atoms with Gasteiger partial charge < -0.3 is 24.0 Å². The van der Waals surface area contributed by atoms with E-state index in [1.165, 1.54) is 0 Å². The van der Waals surface area contributed by atoms with Gasteiger partial charge in [0.2, 0.25) is 5.91 Å². The largest absolute Gasteiger partial charge is 0.497 e. The van der Waals surface area contributed by atoms with Gasteiger partial charge in [0.25, 0.3) is 5.91 Å². The SMILES string of the molecule is COc1ccc(CCC(=O)N2Cc3cc(C(=O)N4CCOCC4)ccc3OC[C@@H]2C)cc1. The Labute approximate surface area is 188 Å². The van der Waals surface area contributed by atoms with Crippen molar-refractivity contribution in [2.75, 3.05) is 40.0 Å². The summed E-state index contributed by atoms with van der Waals surface area (Å²) in [7, 11) is 1.64. The molecule has 170 valence electrons. The van der Waals surface area contributed by atoms with Gasteiger partial charge in [0.15, 0.2) is 0 Å². The zero-order valence-corrected chi connectivity index (χ0v) is 18.7. The minimum absolute atomic E-state index is 0.00854. The molecule has 0 unspecified atom stereocenters. The molecule has 0 N–H and O–H groups in total. The van der Waals surface area contributed by atoms with Crippen molar-refractivity contribution in [1.29, 1.82) is 0 Å². The van der Waals surface area contributed by atoms with E-state index in [-0.39, 0.29) is 17.9 Å². The quantitative estimate of drug-likeness (QED) is 0.718. The van der Waals surface area contributed by atoms with E-state index in [0.717, 1.165) is 22.6 Å². The summed E-state index contributed by atoms with van der Waals surface area (Å²) in [5.41, 5.74) is 2.58. The fourth-order valence-corrected chi connectivity index (χ4v) is 4.09. The molecule has 2 aliphatic heterocycles. The Morgan fingerprint density at radius 2 is 1.84 bits per heavy atom.